The standard InChI is InChI=1S/C12H13Cl2N3O2/c1-18-6-5-15-12-16-11(17-19-12)7-8-9(13)3-2-4-10(8)14/h2-4H,5-7H2,1H3,(H,15,16,17). The molecule has 0 spiro atoms. The van der Waals surface area contributed by atoms with E-state index in [1.165, 1.54) is 0 Å². The van der Waals surface area contributed by atoms with E-state index >= 15 is 0 Å². The van der Waals surface area contributed by atoms with Crippen molar-refractivity contribution in [1.29, 1.82) is 0 Å². The highest BCUT2D eigenvalue weighted by atomic mass is 35.5. The Balaban J connectivity index is 2.03. The Morgan fingerprint density at radius 2 is 2.05 bits per heavy atom. The molecule has 0 saturated carbocycles. The molecular formula is C12H13Cl2N3O2. The van der Waals surface area contributed by atoms with Gasteiger partial charge in [-0.3, -0.25) is 0 Å². The van der Waals surface area contributed by atoms with Crippen molar-refractivity contribution in [1.82, 2.24) is 10.1 Å². The lowest BCUT2D eigenvalue weighted by Crippen LogP contribution is -2.07. The van der Waals surface area contributed by atoms with Crippen molar-refractivity contribution in [3.63, 3.8) is 0 Å². The minimum absolute atomic E-state index is 0.357. The van der Waals surface area contributed by atoms with Gasteiger partial charge in [0.25, 0.3) is 0 Å². The summed E-state index contributed by atoms with van der Waals surface area (Å²) in [5.74, 6) is 0.523. The number of halogens is 2. The predicted octanol–water partition coefficient (Wildman–Crippen LogP) is 3.03. The number of anilines is 1. The van der Waals surface area contributed by atoms with Gasteiger partial charge in [0.05, 0.1) is 6.61 Å². The molecule has 102 valence electrons. The monoisotopic (exact) mass is 301 g/mol. The molecule has 1 aromatic heterocycles. The zero-order valence-electron chi connectivity index (χ0n) is 10.3. The van der Waals surface area contributed by atoms with E-state index in [0.717, 1.165) is 5.56 Å². The van der Waals surface area contributed by atoms with Crippen LogP contribution in [0.1, 0.15) is 11.4 Å². The molecule has 0 radical (unpaired) electrons. The van der Waals surface area contributed by atoms with Gasteiger partial charge in [0.15, 0.2) is 5.82 Å². The van der Waals surface area contributed by atoms with Crippen LogP contribution in [0.15, 0.2) is 22.7 Å². The van der Waals surface area contributed by atoms with Crippen LogP contribution in [0.25, 0.3) is 0 Å². The summed E-state index contributed by atoms with van der Waals surface area (Å²) in [5.41, 5.74) is 0.787. The smallest absolute Gasteiger partial charge is 0.321 e. The van der Waals surface area contributed by atoms with E-state index in [4.69, 9.17) is 32.5 Å². The van der Waals surface area contributed by atoms with Crippen molar-refractivity contribution in [3.8, 4) is 0 Å². The maximum Gasteiger partial charge on any atom is 0.321 e. The maximum absolute atomic E-state index is 6.09. The zero-order valence-corrected chi connectivity index (χ0v) is 11.8. The fourth-order valence-corrected chi connectivity index (χ4v) is 2.05. The maximum atomic E-state index is 6.09. The lowest BCUT2D eigenvalue weighted by atomic mass is 10.1. The number of methoxy groups -OCH3 is 1. The first-order valence-corrected chi connectivity index (χ1v) is 6.44. The molecule has 0 unspecified atom stereocenters. The lowest BCUT2D eigenvalue weighted by molar-refractivity contribution is 0.210. The van der Waals surface area contributed by atoms with Crippen LogP contribution in [0, 0.1) is 0 Å². The molecule has 0 aliphatic heterocycles. The second kappa shape index (κ2) is 6.75. The summed E-state index contributed by atoms with van der Waals surface area (Å²) in [7, 11) is 1.63. The third kappa shape index (κ3) is 3.83. The first kappa shape index (κ1) is 14.1. The van der Waals surface area contributed by atoms with E-state index in [2.05, 4.69) is 15.5 Å². The van der Waals surface area contributed by atoms with E-state index in [-0.39, 0.29) is 0 Å². The van der Waals surface area contributed by atoms with E-state index in [9.17, 15) is 0 Å². The minimum Gasteiger partial charge on any atom is -0.383 e. The molecule has 1 aromatic carbocycles. The Hall–Kier alpha value is -1.30. The van der Waals surface area contributed by atoms with Gasteiger partial charge in [-0.25, -0.2) is 0 Å². The number of aromatic nitrogens is 2. The summed E-state index contributed by atoms with van der Waals surface area (Å²) in [6, 6.07) is 5.71. The zero-order chi connectivity index (χ0) is 13.7. The van der Waals surface area contributed by atoms with Crippen LogP contribution < -0.4 is 5.32 Å². The van der Waals surface area contributed by atoms with Crippen molar-refractivity contribution in [2.75, 3.05) is 25.6 Å². The van der Waals surface area contributed by atoms with Gasteiger partial charge in [-0.15, -0.1) is 0 Å². The van der Waals surface area contributed by atoms with Crippen LogP contribution in [0.4, 0.5) is 6.01 Å². The Bertz CT molecular complexity index is 525. The molecule has 0 saturated heterocycles. The van der Waals surface area contributed by atoms with Gasteiger partial charge in [0.1, 0.15) is 0 Å². The second-order valence-electron chi connectivity index (χ2n) is 3.81. The molecule has 1 N–H and O–H groups in total. The summed E-state index contributed by atoms with van der Waals surface area (Å²) >= 11 is 12.2. The van der Waals surface area contributed by atoms with Crippen LogP contribution in [-0.4, -0.2) is 30.4 Å². The van der Waals surface area contributed by atoms with Crippen LogP contribution in [-0.2, 0) is 11.2 Å². The highest BCUT2D eigenvalue weighted by Gasteiger charge is 2.11. The van der Waals surface area contributed by atoms with Crippen molar-refractivity contribution in [2.45, 2.75) is 6.42 Å². The van der Waals surface area contributed by atoms with E-state index < -0.39 is 0 Å². The Kier molecular flexibility index (Phi) is 5.01. The molecule has 7 heteroatoms. The predicted molar refractivity (Wildman–Crippen MR) is 73.9 cm³/mol. The number of hydrogen-bond acceptors (Lipinski definition) is 5. The first-order valence-electron chi connectivity index (χ1n) is 5.69. The third-order valence-electron chi connectivity index (χ3n) is 2.45. The van der Waals surface area contributed by atoms with E-state index in [0.29, 0.717) is 41.5 Å². The van der Waals surface area contributed by atoms with Crippen LogP contribution in [0.3, 0.4) is 0 Å². The molecule has 1 heterocycles. The minimum atomic E-state index is 0.357. The van der Waals surface area contributed by atoms with Gasteiger partial charge in [-0.1, -0.05) is 34.4 Å². The van der Waals surface area contributed by atoms with Gasteiger partial charge in [-0.05, 0) is 17.7 Å². The summed E-state index contributed by atoms with van der Waals surface area (Å²) in [6.45, 7) is 1.17. The SMILES string of the molecule is COCCNc1nc(Cc2c(Cl)cccc2Cl)no1. The highest BCUT2D eigenvalue weighted by molar-refractivity contribution is 6.36. The average Bonchev–Trinajstić information content (AvgIpc) is 2.82. The average molecular weight is 302 g/mol. The van der Waals surface area contributed by atoms with E-state index in [1.54, 1.807) is 25.3 Å². The number of nitrogens with one attached hydrogen (secondary N) is 1. The van der Waals surface area contributed by atoms with Crippen LogP contribution in [0.2, 0.25) is 10.0 Å². The molecular weight excluding hydrogens is 289 g/mol. The van der Waals surface area contributed by atoms with Crippen LogP contribution >= 0.6 is 23.2 Å². The van der Waals surface area contributed by atoms with Crippen molar-refractivity contribution >= 4 is 29.2 Å². The number of hydrogen-bond donors (Lipinski definition) is 1. The molecule has 0 aliphatic carbocycles. The van der Waals surface area contributed by atoms with Crippen molar-refractivity contribution in [2.24, 2.45) is 0 Å². The summed E-state index contributed by atoms with van der Waals surface area (Å²) < 4.78 is 9.96. The third-order valence-corrected chi connectivity index (χ3v) is 3.16. The molecule has 0 fully saturated rings. The highest BCUT2D eigenvalue weighted by Crippen LogP contribution is 2.26. The summed E-state index contributed by atoms with van der Waals surface area (Å²) in [6.07, 6.45) is 0.425. The van der Waals surface area contributed by atoms with Crippen molar-refractivity contribution < 1.29 is 9.26 Å². The fraction of sp³-hybridized carbons (Fsp3) is 0.333. The number of rotatable bonds is 6. The van der Waals surface area contributed by atoms with Crippen molar-refractivity contribution in [3.05, 3.63) is 39.6 Å². The number of nitrogens with zero attached hydrogens (tertiary/aromatic N) is 2. The fourth-order valence-electron chi connectivity index (χ4n) is 1.52. The molecule has 19 heavy (non-hydrogen) atoms. The van der Waals surface area contributed by atoms with Gasteiger partial charge >= 0.3 is 6.01 Å². The molecule has 2 rings (SSSR count). The van der Waals surface area contributed by atoms with Crippen LogP contribution in [0.5, 0.6) is 0 Å². The second-order valence-corrected chi connectivity index (χ2v) is 4.63. The topological polar surface area (TPSA) is 60.2 Å². The molecule has 0 atom stereocenters. The Morgan fingerprint density at radius 3 is 2.74 bits per heavy atom. The van der Waals surface area contributed by atoms with Gasteiger partial charge in [0.2, 0.25) is 0 Å². The summed E-state index contributed by atoms with van der Waals surface area (Å²) in [5, 5.41) is 7.99. The lowest BCUT2D eigenvalue weighted by Gasteiger charge is -2.03. The number of ether oxygens (including phenoxy) is 1. The molecule has 2 aromatic rings. The molecule has 0 aliphatic rings. The largest absolute Gasteiger partial charge is 0.383 e. The molecule has 0 amide bonds. The van der Waals surface area contributed by atoms with Gasteiger partial charge in [-0.2, -0.15) is 4.98 Å². The molecule has 0 bridgehead atoms. The quantitative estimate of drug-likeness (QED) is 0.831. The van der Waals surface area contributed by atoms with E-state index in [1.807, 2.05) is 0 Å². The summed E-state index contributed by atoms with van der Waals surface area (Å²) in [4.78, 5) is 4.20. The van der Waals surface area contributed by atoms with Gasteiger partial charge < -0.3 is 14.6 Å². The Labute approximate surface area is 120 Å². The molecule has 5 nitrogen and oxygen atoms in total. The Morgan fingerprint density at radius 1 is 1.32 bits per heavy atom. The van der Waals surface area contributed by atoms with Gasteiger partial charge in [0, 0.05) is 30.1 Å². The number of benzene rings is 1. The normalized spacial score (nSPS) is 10.7. The first-order chi connectivity index (χ1) is 9.20.